The van der Waals surface area contributed by atoms with E-state index >= 15 is 0 Å². The van der Waals surface area contributed by atoms with E-state index < -0.39 is 5.97 Å². The second-order valence-corrected chi connectivity index (χ2v) is 4.83. The molecule has 0 rings (SSSR count). The van der Waals surface area contributed by atoms with Crippen molar-refractivity contribution in [2.45, 2.75) is 39.2 Å². The summed E-state index contributed by atoms with van der Waals surface area (Å²) in [6.07, 6.45) is 0.731. The molecule has 1 atom stereocenters. The van der Waals surface area contributed by atoms with Crippen molar-refractivity contribution in [2.24, 2.45) is 5.92 Å². The van der Waals surface area contributed by atoms with E-state index in [9.17, 15) is 9.59 Å². The number of carbonyl (C=O) groups excluding carboxylic acids is 1. The van der Waals surface area contributed by atoms with Crippen LogP contribution in [-0.4, -0.2) is 48.6 Å². The summed E-state index contributed by atoms with van der Waals surface area (Å²) in [5.74, 6) is -0.464. The minimum atomic E-state index is -0.855. The molecule has 0 aromatic rings. The molecule has 5 nitrogen and oxygen atoms in total. The number of nitrogens with one attached hydrogen (secondary N) is 1. The fourth-order valence-corrected chi connectivity index (χ4v) is 1.72. The van der Waals surface area contributed by atoms with E-state index in [1.165, 1.54) is 0 Å². The lowest BCUT2D eigenvalue weighted by Crippen LogP contribution is -2.43. The minimum absolute atomic E-state index is 0.0503. The highest BCUT2D eigenvalue weighted by atomic mass is 16.4. The first-order chi connectivity index (χ1) is 7.84. The van der Waals surface area contributed by atoms with Gasteiger partial charge >= 0.3 is 5.97 Å². The number of carboxylic acid groups (broad SMARTS) is 1. The van der Waals surface area contributed by atoms with Crippen LogP contribution in [0.4, 0.5) is 0 Å². The van der Waals surface area contributed by atoms with Crippen LogP contribution in [0.5, 0.6) is 0 Å². The van der Waals surface area contributed by atoms with Gasteiger partial charge in [-0.05, 0) is 26.4 Å². The number of hydrogen-bond acceptors (Lipinski definition) is 3. The largest absolute Gasteiger partial charge is 0.481 e. The maximum Gasteiger partial charge on any atom is 0.303 e. The lowest BCUT2D eigenvalue weighted by molar-refractivity contribution is -0.137. The van der Waals surface area contributed by atoms with Crippen molar-refractivity contribution in [1.82, 2.24) is 10.2 Å². The fraction of sp³-hybridized carbons (Fsp3) is 0.833. The average Bonchev–Trinajstić information content (AvgIpc) is 2.15. The van der Waals surface area contributed by atoms with E-state index in [2.05, 4.69) is 24.1 Å². The molecule has 100 valence electrons. The Morgan fingerprint density at radius 1 is 1.24 bits per heavy atom. The van der Waals surface area contributed by atoms with Crippen LogP contribution < -0.4 is 5.32 Å². The monoisotopic (exact) mass is 244 g/mol. The fourth-order valence-electron chi connectivity index (χ4n) is 1.72. The minimum Gasteiger partial charge on any atom is -0.481 e. The molecule has 1 amide bonds. The Labute approximate surface area is 103 Å². The maximum absolute atomic E-state index is 11.5. The molecule has 0 heterocycles. The number of amides is 1. The molecule has 0 bridgehead atoms. The lowest BCUT2D eigenvalue weighted by atomic mass is 10.0. The van der Waals surface area contributed by atoms with Crippen LogP contribution in [0, 0.1) is 5.92 Å². The Hall–Kier alpha value is -1.10. The van der Waals surface area contributed by atoms with Crippen molar-refractivity contribution in [3.05, 3.63) is 0 Å². The standard InChI is InChI=1S/C12H24N2O3/c1-9(2)10(14(3)4)8-13-11(15)6-5-7-12(16)17/h9-10H,5-8H2,1-4H3,(H,13,15)(H,16,17). The molecule has 0 spiro atoms. The van der Waals surface area contributed by atoms with Crippen LogP contribution in [0.2, 0.25) is 0 Å². The van der Waals surface area contributed by atoms with Crippen molar-refractivity contribution in [2.75, 3.05) is 20.6 Å². The van der Waals surface area contributed by atoms with Gasteiger partial charge in [0.05, 0.1) is 0 Å². The number of rotatable bonds is 8. The highest BCUT2D eigenvalue weighted by Crippen LogP contribution is 2.06. The molecular formula is C12H24N2O3. The topological polar surface area (TPSA) is 69.6 Å². The molecule has 0 aliphatic heterocycles. The summed E-state index contributed by atoms with van der Waals surface area (Å²) in [5.41, 5.74) is 0. The third-order valence-corrected chi connectivity index (χ3v) is 2.74. The highest BCUT2D eigenvalue weighted by Gasteiger charge is 2.16. The van der Waals surface area contributed by atoms with Gasteiger partial charge < -0.3 is 15.3 Å². The number of aliphatic carboxylic acids is 1. The molecule has 5 heteroatoms. The van der Waals surface area contributed by atoms with Crippen molar-refractivity contribution < 1.29 is 14.7 Å². The van der Waals surface area contributed by atoms with Gasteiger partial charge in [-0.1, -0.05) is 13.8 Å². The predicted molar refractivity (Wildman–Crippen MR) is 66.8 cm³/mol. The Balaban J connectivity index is 3.85. The predicted octanol–water partition coefficient (Wildman–Crippen LogP) is 0.944. The molecular weight excluding hydrogens is 220 g/mol. The van der Waals surface area contributed by atoms with Gasteiger partial charge in [0.25, 0.3) is 0 Å². The zero-order chi connectivity index (χ0) is 13.4. The van der Waals surface area contributed by atoms with E-state index in [1.54, 1.807) is 0 Å². The summed E-state index contributed by atoms with van der Waals surface area (Å²) in [4.78, 5) is 23.8. The second-order valence-electron chi connectivity index (χ2n) is 4.83. The van der Waals surface area contributed by atoms with Crippen LogP contribution in [0.3, 0.4) is 0 Å². The van der Waals surface area contributed by atoms with Crippen molar-refractivity contribution in [1.29, 1.82) is 0 Å². The Morgan fingerprint density at radius 3 is 2.24 bits per heavy atom. The molecule has 0 aromatic carbocycles. The van der Waals surface area contributed by atoms with Crippen LogP contribution in [0.25, 0.3) is 0 Å². The molecule has 17 heavy (non-hydrogen) atoms. The molecule has 0 radical (unpaired) electrons. The average molecular weight is 244 g/mol. The van der Waals surface area contributed by atoms with E-state index in [4.69, 9.17) is 5.11 Å². The van der Waals surface area contributed by atoms with Gasteiger partial charge in [0, 0.05) is 25.4 Å². The summed E-state index contributed by atoms with van der Waals surface area (Å²) >= 11 is 0. The summed E-state index contributed by atoms with van der Waals surface area (Å²) in [7, 11) is 3.97. The van der Waals surface area contributed by atoms with Crippen molar-refractivity contribution >= 4 is 11.9 Å². The molecule has 0 aliphatic carbocycles. The van der Waals surface area contributed by atoms with Gasteiger partial charge in [0.2, 0.25) is 5.91 Å². The summed E-state index contributed by atoms with van der Waals surface area (Å²) in [6, 6.07) is 0.304. The van der Waals surface area contributed by atoms with Gasteiger partial charge in [0.1, 0.15) is 0 Å². The summed E-state index contributed by atoms with van der Waals surface area (Å²) in [5, 5.41) is 11.3. The Morgan fingerprint density at radius 2 is 1.82 bits per heavy atom. The first kappa shape index (κ1) is 15.9. The van der Waals surface area contributed by atoms with Gasteiger partial charge in [-0.15, -0.1) is 0 Å². The zero-order valence-electron chi connectivity index (χ0n) is 11.2. The number of likely N-dealkylation sites (N-methyl/N-ethyl adjacent to an activating group) is 1. The Bertz CT molecular complexity index is 244. The van der Waals surface area contributed by atoms with E-state index in [-0.39, 0.29) is 18.7 Å². The number of carboxylic acids is 1. The summed E-state index contributed by atoms with van der Waals surface area (Å²) in [6.45, 7) is 4.83. The molecule has 1 unspecified atom stereocenters. The van der Waals surface area contributed by atoms with E-state index in [0.29, 0.717) is 24.9 Å². The number of nitrogens with zero attached hydrogens (tertiary/aromatic N) is 1. The molecule has 2 N–H and O–H groups in total. The van der Waals surface area contributed by atoms with Crippen LogP contribution in [0.1, 0.15) is 33.1 Å². The SMILES string of the molecule is CC(C)C(CNC(=O)CCCC(=O)O)N(C)C. The first-order valence-corrected chi connectivity index (χ1v) is 5.99. The van der Waals surface area contributed by atoms with Gasteiger partial charge in [-0.25, -0.2) is 0 Å². The normalized spacial score (nSPS) is 12.8. The van der Waals surface area contributed by atoms with Crippen LogP contribution in [-0.2, 0) is 9.59 Å². The number of hydrogen-bond donors (Lipinski definition) is 2. The molecule has 0 saturated heterocycles. The van der Waals surface area contributed by atoms with Gasteiger partial charge in [-0.2, -0.15) is 0 Å². The van der Waals surface area contributed by atoms with Gasteiger partial charge in [-0.3, -0.25) is 9.59 Å². The molecule has 0 fully saturated rings. The van der Waals surface area contributed by atoms with E-state index in [0.717, 1.165) is 0 Å². The first-order valence-electron chi connectivity index (χ1n) is 5.99. The van der Waals surface area contributed by atoms with Gasteiger partial charge in [0.15, 0.2) is 0 Å². The van der Waals surface area contributed by atoms with Crippen molar-refractivity contribution in [3.8, 4) is 0 Å². The van der Waals surface area contributed by atoms with Crippen molar-refractivity contribution in [3.63, 3.8) is 0 Å². The van der Waals surface area contributed by atoms with Crippen LogP contribution >= 0.6 is 0 Å². The maximum atomic E-state index is 11.5. The zero-order valence-corrected chi connectivity index (χ0v) is 11.2. The third-order valence-electron chi connectivity index (χ3n) is 2.74. The second kappa shape index (κ2) is 8.06. The quantitative estimate of drug-likeness (QED) is 0.667. The third kappa shape index (κ3) is 7.74. The number of carbonyl (C=O) groups is 2. The highest BCUT2D eigenvalue weighted by molar-refractivity contribution is 5.76. The lowest BCUT2D eigenvalue weighted by Gasteiger charge is -2.28. The molecule has 0 aliphatic rings. The van der Waals surface area contributed by atoms with Crippen LogP contribution in [0.15, 0.2) is 0 Å². The van der Waals surface area contributed by atoms with E-state index in [1.807, 2.05) is 14.1 Å². The summed E-state index contributed by atoms with van der Waals surface area (Å²) < 4.78 is 0. The molecule has 0 aromatic heterocycles. The molecule has 0 saturated carbocycles. The smallest absolute Gasteiger partial charge is 0.303 e. The Kier molecular flexibility index (Phi) is 7.54.